The summed E-state index contributed by atoms with van der Waals surface area (Å²) in [6, 6.07) is 4.46. The van der Waals surface area contributed by atoms with Gasteiger partial charge in [0.1, 0.15) is 5.75 Å². The monoisotopic (exact) mass is 397 g/mol. The molecule has 0 spiro atoms. The Bertz CT molecular complexity index is 1010. The summed E-state index contributed by atoms with van der Waals surface area (Å²) in [6.07, 6.45) is -5.23. The van der Waals surface area contributed by atoms with E-state index in [-0.39, 0.29) is 11.5 Å². The van der Waals surface area contributed by atoms with Crippen molar-refractivity contribution in [1.29, 1.82) is 0 Å². The minimum atomic E-state index is -4.04. The van der Waals surface area contributed by atoms with Gasteiger partial charge < -0.3 is 19.2 Å². The summed E-state index contributed by atoms with van der Waals surface area (Å²) in [5.74, 6) is 0.912. The Morgan fingerprint density at radius 3 is 2.93 bits per heavy atom. The number of imidazole rings is 1. The predicted octanol–water partition coefficient (Wildman–Crippen LogP) is 4.23. The molecule has 0 amide bonds. The highest BCUT2D eigenvalue weighted by Gasteiger charge is 2.49. The lowest BCUT2D eigenvalue weighted by molar-refractivity contribution is -0.281. The Hall–Kier alpha value is -2.62. The van der Waals surface area contributed by atoms with E-state index in [4.69, 9.17) is 4.74 Å². The molecular weight excluding hydrogens is 383 g/mol. The van der Waals surface area contributed by atoms with Gasteiger partial charge in [-0.25, -0.2) is 4.98 Å². The van der Waals surface area contributed by atoms with Crippen LogP contribution in [0.5, 0.6) is 17.2 Å². The molecule has 142 valence electrons. The molecule has 0 radical (unpaired) electrons. The number of nitrogens with zero attached hydrogens (tertiary/aromatic N) is 2. The molecule has 1 aromatic carbocycles. The minimum Gasteiger partial charge on any atom is -0.496 e. The second-order valence-electron chi connectivity index (χ2n) is 5.83. The summed E-state index contributed by atoms with van der Waals surface area (Å²) in [5, 5.41) is 0.555. The molecule has 6 nitrogen and oxygen atoms in total. The fraction of sp³-hybridized carbons (Fsp3) is 0.294. The number of hydrogen-bond acceptors (Lipinski definition) is 6. The summed E-state index contributed by atoms with van der Waals surface area (Å²) in [6.45, 7) is 1.91. The average Bonchev–Trinajstić information content (AvgIpc) is 3.01. The zero-order valence-electron chi connectivity index (χ0n) is 14.3. The van der Waals surface area contributed by atoms with Gasteiger partial charge in [0.05, 0.1) is 23.8 Å². The van der Waals surface area contributed by atoms with Gasteiger partial charge in [-0.2, -0.15) is 13.2 Å². The molecule has 4 rings (SSSR count). The highest BCUT2D eigenvalue weighted by molar-refractivity contribution is 7.98. The van der Waals surface area contributed by atoms with Crippen molar-refractivity contribution >= 4 is 22.8 Å². The van der Waals surface area contributed by atoms with Crippen LogP contribution < -0.4 is 14.2 Å². The number of aromatic amines is 1. The summed E-state index contributed by atoms with van der Waals surface area (Å²) in [7, 11) is 1.59. The average molecular weight is 397 g/mol. The van der Waals surface area contributed by atoms with Gasteiger partial charge in [-0.05, 0) is 13.0 Å². The number of fused-ring (bicyclic) bond motifs is 2. The van der Waals surface area contributed by atoms with Crippen molar-refractivity contribution in [3.8, 4) is 17.2 Å². The van der Waals surface area contributed by atoms with Crippen LogP contribution in [0, 0.1) is 6.92 Å². The molecule has 0 bridgehead atoms. The van der Waals surface area contributed by atoms with Crippen LogP contribution in [-0.2, 0) is 5.75 Å². The van der Waals surface area contributed by atoms with E-state index >= 15 is 0 Å². The first-order chi connectivity index (χ1) is 12.9. The van der Waals surface area contributed by atoms with Crippen molar-refractivity contribution in [3.05, 3.63) is 35.7 Å². The topological polar surface area (TPSA) is 69.3 Å². The van der Waals surface area contributed by atoms with Crippen molar-refractivity contribution in [2.75, 3.05) is 7.11 Å². The van der Waals surface area contributed by atoms with Crippen LogP contribution in [-0.4, -0.2) is 34.5 Å². The van der Waals surface area contributed by atoms with E-state index in [0.29, 0.717) is 21.9 Å². The third-order valence-electron chi connectivity index (χ3n) is 4.09. The van der Waals surface area contributed by atoms with Crippen molar-refractivity contribution in [2.45, 2.75) is 30.3 Å². The number of methoxy groups -OCH3 is 1. The van der Waals surface area contributed by atoms with Crippen LogP contribution in [0.4, 0.5) is 13.2 Å². The maximum absolute atomic E-state index is 13.3. The third kappa shape index (κ3) is 3.25. The van der Waals surface area contributed by atoms with Crippen LogP contribution in [0.15, 0.2) is 29.6 Å². The third-order valence-corrected chi connectivity index (χ3v) is 4.98. The van der Waals surface area contributed by atoms with E-state index in [1.54, 1.807) is 19.4 Å². The van der Waals surface area contributed by atoms with E-state index in [9.17, 15) is 13.2 Å². The number of pyridine rings is 1. The SMILES string of the molecule is COc1ccnc(CSc2nc3cc4c(cc3[nH]2)OC(F)C(F)(F)O4)c1C. The van der Waals surface area contributed by atoms with Gasteiger partial charge in [0.15, 0.2) is 16.7 Å². The van der Waals surface area contributed by atoms with E-state index < -0.39 is 12.5 Å². The first kappa shape index (κ1) is 17.8. The van der Waals surface area contributed by atoms with Crippen LogP contribution in [0.1, 0.15) is 11.3 Å². The molecule has 1 aliphatic heterocycles. The fourth-order valence-corrected chi connectivity index (χ4v) is 3.58. The number of benzene rings is 1. The second kappa shape index (κ2) is 6.52. The Balaban J connectivity index is 1.58. The maximum Gasteiger partial charge on any atom is 0.468 e. The van der Waals surface area contributed by atoms with E-state index in [1.165, 1.54) is 23.9 Å². The summed E-state index contributed by atoms with van der Waals surface area (Å²) < 4.78 is 54.2. The van der Waals surface area contributed by atoms with Crippen LogP contribution in [0.2, 0.25) is 0 Å². The summed E-state index contributed by atoms with van der Waals surface area (Å²) >= 11 is 1.39. The normalized spacial score (nSPS) is 17.9. The van der Waals surface area contributed by atoms with E-state index in [0.717, 1.165) is 17.0 Å². The second-order valence-corrected chi connectivity index (χ2v) is 6.79. The van der Waals surface area contributed by atoms with E-state index in [1.807, 2.05) is 6.92 Å². The van der Waals surface area contributed by atoms with Crippen molar-refractivity contribution < 1.29 is 27.4 Å². The van der Waals surface area contributed by atoms with Gasteiger partial charge in [0.2, 0.25) is 0 Å². The smallest absolute Gasteiger partial charge is 0.468 e. The Labute approximate surface area is 156 Å². The Kier molecular flexibility index (Phi) is 4.29. The molecule has 3 heterocycles. The number of alkyl halides is 3. The molecule has 3 aromatic rings. The quantitative estimate of drug-likeness (QED) is 0.665. The molecule has 0 saturated carbocycles. The molecular formula is C17H14F3N3O3S. The highest BCUT2D eigenvalue weighted by atomic mass is 32.2. The standard InChI is InChI=1S/C17H14F3N3O3S/c1-8-11(21-4-3-12(8)24-2)7-27-16-22-9-5-13-14(6-10(9)23-16)26-17(19,20)15(18)25-13/h3-6,15H,7H2,1-2H3,(H,22,23). The molecule has 1 atom stereocenters. The molecule has 1 aliphatic rings. The number of halogens is 3. The largest absolute Gasteiger partial charge is 0.496 e. The number of nitrogens with one attached hydrogen (secondary N) is 1. The lowest BCUT2D eigenvalue weighted by Crippen LogP contribution is -2.43. The maximum atomic E-state index is 13.3. The van der Waals surface area contributed by atoms with Crippen LogP contribution >= 0.6 is 11.8 Å². The first-order valence-corrected chi connectivity index (χ1v) is 8.88. The van der Waals surface area contributed by atoms with Crippen molar-refractivity contribution in [2.24, 2.45) is 0 Å². The molecule has 10 heteroatoms. The lowest BCUT2D eigenvalue weighted by Gasteiger charge is -2.28. The number of H-pyrrole nitrogens is 1. The van der Waals surface area contributed by atoms with Gasteiger partial charge in [-0.3, -0.25) is 4.98 Å². The number of thioether (sulfide) groups is 1. The van der Waals surface area contributed by atoms with Gasteiger partial charge in [-0.15, -0.1) is 0 Å². The van der Waals surface area contributed by atoms with Crippen LogP contribution in [0.3, 0.4) is 0 Å². The number of hydrogen-bond donors (Lipinski definition) is 1. The molecule has 1 unspecified atom stereocenters. The molecule has 27 heavy (non-hydrogen) atoms. The fourth-order valence-electron chi connectivity index (χ4n) is 2.67. The van der Waals surface area contributed by atoms with Gasteiger partial charge in [0, 0.05) is 29.6 Å². The van der Waals surface area contributed by atoms with Crippen LogP contribution in [0.25, 0.3) is 11.0 Å². The zero-order chi connectivity index (χ0) is 19.2. The van der Waals surface area contributed by atoms with E-state index in [2.05, 4.69) is 24.4 Å². The lowest BCUT2D eigenvalue weighted by atomic mass is 10.2. The number of ether oxygens (including phenoxy) is 3. The van der Waals surface area contributed by atoms with Gasteiger partial charge >= 0.3 is 12.5 Å². The highest BCUT2D eigenvalue weighted by Crippen LogP contribution is 2.42. The summed E-state index contributed by atoms with van der Waals surface area (Å²) in [4.78, 5) is 11.7. The molecule has 0 fully saturated rings. The Morgan fingerprint density at radius 1 is 1.33 bits per heavy atom. The van der Waals surface area contributed by atoms with Crippen molar-refractivity contribution in [3.63, 3.8) is 0 Å². The molecule has 0 saturated heterocycles. The predicted molar refractivity (Wildman–Crippen MR) is 92.3 cm³/mol. The summed E-state index contributed by atoms with van der Waals surface area (Å²) in [5.41, 5.74) is 2.69. The number of aromatic nitrogens is 3. The molecule has 2 aromatic heterocycles. The molecule has 1 N–H and O–H groups in total. The van der Waals surface area contributed by atoms with Gasteiger partial charge in [-0.1, -0.05) is 11.8 Å². The minimum absolute atomic E-state index is 0.105. The van der Waals surface area contributed by atoms with Gasteiger partial charge in [0.25, 0.3) is 0 Å². The number of rotatable bonds is 4. The van der Waals surface area contributed by atoms with Crippen molar-refractivity contribution in [1.82, 2.24) is 15.0 Å². The molecule has 0 aliphatic carbocycles. The zero-order valence-corrected chi connectivity index (χ0v) is 15.1. The first-order valence-electron chi connectivity index (χ1n) is 7.90. The Morgan fingerprint density at radius 2 is 2.15 bits per heavy atom.